The van der Waals surface area contributed by atoms with E-state index in [0.29, 0.717) is 11.1 Å². The first kappa shape index (κ1) is 15.4. The van der Waals surface area contributed by atoms with Gasteiger partial charge in [-0.3, -0.25) is 0 Å². The predicted octanol–water partition coefficient (Wildman–Crippen LogP) is 3.36. The second kappa shape index (κ2) is 6.20. The maximum atomic E-state index is 6.03. The van der Waals surface area contributed by atoms with Gasteiger partial charge >= 0.3 is 0 Å². The topological polar surface area (TPSA) is 63.8 Å². The molecule has 0 amide bonds. The second-order valence-corrected chi connectivity index (χ2v) is 7.93. The molecule has 20 heavy (non-hydrogen) atoms. The number of hydrogen-bond acceptors (Lipinski definition) is 5. The van der Waals surface area contributed by atoms with Crippen LogP contribution in [0.4, 0.5) is 11.6 Å². The van der Waals surface area contributed by atoms with E-state index in [1.807, 2.05) is 6.92 Å². The fraction of sp³-hybridized carbons (Fsp3) is 0.733. The van der Waals surface area contributed by atoms with Gasteiger partial charge in [0.2, 0.25) is 0 Å². The summed E-state index contributed by atoms with van der Waals surface area (Å²) in [4.78, 5) is 9.10. The lowest BCUT2D eigenvalue weighted by Crippen LogP contribution is -2.23. The number of hydrogen-bond donors (Lipinski definition) is 2. The summed E-state index contributed by atoms with van der Waals surface area (Å²) in [5, 5.41) is 4.18. The van der Waals surface area contributed by atoms with Gasteiger partial charge in [-0.1, -0.05) is 27.2 Å². The fourth-order valence-corrected chi connectivity index (χ4v) is 3.46. The van der Waals surface area contributed by atoms with Crippen LogP contribution in [0.1, 0.15) is 51.4 Å². The largest absolute Gasteiger partial charge is 0.383 e. The van der Waals surface area contributed by atoms with E-state index in [2.05, 4.69) is 47.8 Å². The van der Waals surface area contributed by atoms with Crippen LogP contribution in [0, 0.1) is 6.92 Å². The molecule has 1 aromatic rings. The number of nitrogen functional groups attached to an aromatic ring is 1. The third kappa shape index (κ3) is 3.78. The molecule has 112 valence electrons. The first-order chi connectivity index (χ1) is 9.38. The average molecular weight is 294 g/mol. The number of anilines is 2. The van der Waals surface area contributed by atoms with Crippen LogP contribution in [-0.2, 0) is 5.41 Å². The van der Waals surface area contributed by atoms with Crippen molar-refractivity contribution in [3.8, 4) is 0 Å². The Morgan fingerprint density at radius 3 is 2.65 bits per heavy atom. The number of aromatic nitrogens is 2. The Hall–Kier alpha value is -0.970. The first-order valence-electron chi connectivity index (χ1n) is 7.38. The van der Waals surface area contributed by atoms with Crippen LogP contribution >= 0.6 is 11.8 Å². The molecule has 0 bridgehead atoms. The third-order valence-corrected chi connectivity index (χ3v) is 5.02. The molecule has 0 aliphatic carbocycles. The minimum Gasteiger partial charge on any atom is -0.383 e. The Kier molecular flexibility index (Phi) is 4.78. The maximum absolute atomic E-state index is 6.03. The molecular formula is C15H26N4S. The molecule has 1 atom stereocenters. The van der Waals surface area contributed by atoms with Crippen molar-refractivity contribution in [3.05, 3.63) is 11.4 Å². The van der Waals surface area contributed by atoms with E-state index in [4.69, 9.17) is 5.73 Å². The summed E-state index contributed by atoms with van der Waals surface area (Å²) in [6.45, 7) is 9.28. The lowest BCUT2D eigenvalue weighted by molar-refractivity contribution is 0.546. The van der Waals surface area contributed by atoms with E-state index in [1.54, 1.807) is 0 Å². The van der Waals surface area contributed by atoms with Crippen molar-refractivity contribution in [2.45, 2.75) is 57.6 Å². The molecule has 1 aromatic heterocycles. The standard InChI is InChI=1S/C15H26N4S/c1-10-12(16)18-14(15(2,3)4)19-13(10)17-9-11-7-5-6-8-20-11/h11H,5-9H2,1-4H3,(H3,16,17,18,19). The van der Waals surface area contributed by atoms with E-state index < -0.39 is 0 Å². The Morgan fingerprint density at radius 1 is 1.30 bits per heavy atom. The quantitative estimate of drug-likeness (QED) is 0.895. The number of rotatable bonds is 3. The van der Waals surface area contributed by atoms with E-state index >= 15 is 0 Å². The molecular weight excluding hydrogens is 268 g/mol. The molecule has 0 spiro atoms. The molecule has 3 N–H and O–H groups in total. The van der Waals surface area contributed by atoms with Crippen LogP contribution in [-0.4, -0.2) is 27.5 Å². The van der Waals surface area contributed by atoms with E-state index in [1.165, 1.54) is 25.0 Å². The van der Waals surface area contributed by atoms with E-state index in [-0.39, 0.29) is 5.41 Å². The molecule has 2 rings (SSSR count). The van der Waals surface area contributed by atoms with Crippen molar-refractivity contribution >= 4 is 23.4 Å². The van der Waals surface area contributed by atoms with Gasteiger partial charge in [-0.15, -0.1) is 0 Å². The van der Waals surface area contributed by atoms with Crippen LogP contribution in [0.3, 0.4) is 0 Å². The smallest absolute Gasteiger partial charge is 0.138 e. The van der Waals surface area contributed by atoms with Gasteiger partial charge in [-0.2, -0.15) is 11.8 Å². The molecule has 1 aliphatic rings. The minimum absolute atomic E-state index is 0.0855. The fourth-order valence-electron chi connectivity index (χ4n) is 2.22. The summed E-state index contributed by atoms with van der Waals surface area (Å²) >= 11 is 2.07. The summed E-state index contributed by atoms with van der Waals surface area (Å²) < 4.78 is 0. The highest BCUT2D eigenvalue weighted by molar-refractivity contribution is 7.99. The maximum Gasteiger partial charge on any atom is 0.138 e. The van der Waals surface area contributed by atoms with E-state index in [0.717, 1.165) is 23.8 Å². The van der Waals surface area contributed by atoms with Crippen LogP contribution in [0.25, 0.3) is 0 Å². The lowest BCUT2D eigenvalue weighted by atomic mass is 9.95. The molecule has 0 saturated carbocycles. The molecule has 0 radical (unpaired) electrons. The second-order valence-electron chi connectivity index (χ2n) is 6.53. The van der Waals surface area contributed by atoms with Crippen LogP contribution in [0.5, 0.6) is 0 Å². The van der Waals surface area contributed by atoms with Gasteiger partial charge in [0, 0.05) is 22.8 Å². The van der Waals surface area contributed by atoms with Crippen LogP contribution in [0.15, 0.2) is 0 Å². The molecule has 1 unspecified atom stereocenters. The highest BCUT2D eigenvalue weighted by atomic mass is 32.2. The molecule has 4 nitrogen and oxygen atoms in total. The predicted molar refractivity (Wildman–Crippen MR) is 88.5 cm³/mol. The first-order valence-corrected chi connectivity index (χ1v) is 8.43. The van der Waals surface area contributed by atoms with Crippen molar-refractivity contribution in [2.75, 3.05) is 23.3 Å². The molecule has 5 heteroatoms. The minimum atomic E-state index is -0.0855. The van der Waals surface area contributed by atoms with Gasteiger partial charge < -0.3 is 11.1 Å². The Balaban J connectivity index is 2.11. The monoisotopic (exact) mass is 294 g/mol. The van der Waals surface area contributed by atoms with Crippen molar-refractivity contribution in [3.63, 3.8) is 0 Å². The number of nitrogens with two attached hydrogens (primary N) is 1. The Labute approximate surface area is 126 Å². The molecule has 1 aliphatic heterocycles. The van der Waals surface area contributed by atoms with Gasteiger partial charge in [-0.05, 0) is 25.5 Å². The summed E-state index contributed by atoms with van der Waals surface area (Å²) in [5.41, 5.74) is 6.90. The molecule has 1 saturated heterocycles. The highest BCUT2D eigenvalue weighted by Gasteiger charge is 2.21. The van der Waals surface area contributed by atoms with Gasteiger partial charge in [-0.25, -0.2) is 9.97 Å². The number of nitrogens with zero attached hydrogens (tertiary/aromatic N) is 2. The normalized spacial score (nSPS) is 19.9. The summed E-state index contributed by atoms with van der Waals surface area (Å²) in [5.74, 6) is 3.57. The zero-order valence-electron chi connectivity index (χ0n) is 13.0. The average Bonchev–Trinajstić information content (AvgIpc) is 2.40. The van der Waals surface area contributed by atoms with Gasteiger partial charge in [0.25, 0.3) is 0 Å². The Morgan fingerprint density at radius 2 is 2.05 bits per heavy atom. The number of thioether (sulfide) groups is 1. The van der Waals surface area contributed by atoms with Gasteiger partial charge in [0.05, 0.1) is 0 Å². The van der Waals surface area contributed by atoms with Crippen molar-refractivity contribution < 1.29 is 0 Å². The van der Waals surface area contributed by atoms with Crippen molar-refractivity contribution in [2.24, 2.45) is 0 Å². The molecule has 1 fully saturated rings. The van der Waals surface area contributed by atoms with Gasteiger partial charge in [0.15, 0.2) is 0 Å². The van der Waals surface area contributed by atoms with Gasteiger partial charge in [0.1, 0.15) is 17.5 Å². The zero-order valence-corrected chi connectivity index (χ0v) is 13.8. The molecule has 0 aromatic carbocycles. The molecule has 2 heterocycles. The highest BCUT2D eigenvalue weighted by Crippen LogP contribution is 2.27. The van der Waals surface area contributed by atoms with Crippen molar-refractivity contribution in [1.29, 1.82) is 0 Å². The summed E-state index contributed by atoms with van der Waals surface area (Å²) in [6, 6.07) is 0. The summed E-state index contributed by atoms with van der Waals surface area (Å²) in [6.07, 6.45) is 4.00. The Bertz CT molecular complexity index is 462. The van der Waals surface area contributed by atoms with Crippen LogP contribution < -0.4 is 11.1 Å². The van der Waals surface area contributed by atoms with E-state index in [9.17, 15) is 0 Å². The zero-order chi connectivity index (χ0) is 14.8. The van der Waals surface area contributed by atoms with Crippen LogP contribution in [0.2, 0.25) is 0 Å². The third-order valence-electron chi connectivity index (χ3n) is 3.63. The number of nitrogens with one attached hydrogen (secondary N) is 1. The lowest BCUT2D eigenvalue weighted by Gasteiger charge is -2.23. The van der Waals surface area contributed by atoms with Crippen molar-refractivity contribution in [1.82, 2.24) is 9.97 Å². The summed E-state index contributed by atoms with van der Waals surface area (Å²) in [7, 11) is 0. The SMILES string of the molecule is Cc1c(N)nc(C(C)(C)C)nc1NCC1CCCCS1.